The van der Waals surface area contributed by atoms with Crippen LogP contribution in [-0.2, 0) is 0 Å². The number of benzene rings is 2. The average Bonchev–Trinajstić information content (AvgIpc) is 3.17. The van der Waals surface area contributed by atoms with Gasteiger partial charge in [0.15, 0.2) is 5.75 Å². The van der Waals surface area contributed by atoms with E-state index in [1.165, 1.54) is 30.7 Å². The summed E-state index contributed by atoms with van der Waals surface area (Å²) in [5.41, 5.74) is 4.86. The normalized spacial score (nSPS) is 10.9. The van der Waals surface area contributed by atoms with Crippen molar-refractivity contribution in [3.63, 3.8) is 0 Å². The number of nitrogens with one attached hydrogen (secondary N) is 1. The first-order chi connectivity index (χ1) is 14.0. The lowest BCUT2D eigenvalue weighted by Gasteiger charge is -2.10. The highest BCUT2D eigenvalue weighted by molar-refractivity contribution is 7.14. The third-order valence-corrected chi connectivity index (χ3v) is 4.78. The Labute approximate surface area is 175 Å². The molecule has 0 bridgehead atoms. The summed E-state index contributed by atoms with van der Waals surface area (Å²) in [6.45, 7) is 2.13. The van der Waals surface area contributed by atoms with Crippen LogP contribution in [0.25, 0.3) is 11.3 Å². The van der Waals surface area contributed by atoms with E-state index < -0.39 is 4.92 Å². The zero-order chi connectivity index (χ0) is 20.8. The van der Waals surface area contributed by atoms with Crippen LogP contribution >= 0.6 is 22.9 Å². The van der Waals surface area contributed by atoms with Crippen LogP contribution in [0.15, 0.2) is 46.9 Å². The van der Waals surface area contributed by atoms with Crippen molar-refractivity contribution >= 4 is 40.0 Å². The quantitative estimate of drug-likeness (QED) is 0.297. The minimum absolute atomic E-state index is 0.0782. The predicted octanol–water partition coefficient (Wildman–Crippen LogP) is 5.23. The number of nitro groups is 1. The zero-order valence-corrected chi connectivity index (χ0v) is 17.2. The summed E-state index contributed by atoms with van der Waals surface area (Å²) < 4.78 is 10.6. The molecule has 0 aliphatic carbocycles. The number of rotatable bonds is 8. The van der Waals surface area contributed by atoms with Gasteiger partial charge in [-0.25, -0.2) is 4.98 Å². The van der Waals surface area contributed by atoms with Crippen LogP contribution in [0.2, 0.25) is 5.02 Å². The van der Waals surface area contributed by atoms with Gasteiger partial charge in [0.05, 0.1) is 30.5 Å². The molecular weight excluding hydrogens is 416 g/mol. The fourth-order valence-electron chi connectivity index (χ4n) is 2.53. The Morgan fingerprint density at radius 3 is 2.76 bits per heavy atom. The summed E-state index contributed by atoms with van der Waals surface area (Å²) in [5.74, 6) is 0.361. The number of methoxy groups -OCH3 is 1. The van der Waals surface area contributed by atoms with Crippen molar-refractivity contribution in [3.8, 4) is 22.8 Å². The van der Waals surface area contributed by atoms with Crippen molar-refractivity contribution in [3.05, 3.63) is 62.5 Å². The maximum Gasteiger partial charge on any atom is 0.315 e. The minimum atomic E-state index is -0.522. The van der Waals surface area contributed by atoms with Gasteiger partial charge in [-0.05, 0) is 25.1 Å². The molecular formula is C19H17ClN4O4S. The largest absolute Gasteiger partial charge is 0.490 e. The summed E-state index contributed by atoms with van der Waals surface area (Å²) >= 11 is 7.29. The van der Waals surface area contributed by atoms with Crippen LogP contribution in [0.5, 0.6) is 11.5 Å². The van der Waals surface area contributed by atoms with Crippen LogP contribution in [0, 0.1) is 10.1 Å². The molecule has 0 spiro atoms. The summed E-state index contributed by atoms with van der Waals surface area (Å²) in [7, 11) is 1.36. The highest BCUT2D eigenvalue weighted by Gasteiger charge is 2.21. The van der Waals surface area contributed by atoms with E-state index in [9.17, 15) is 10.1 Å². The standard InChI is InChI=1S/C19H17ClN4O4S/c1-3-28-17-9-12(8-16(24(25)26)18(17)27-2)10-21-23-19-22-15(11-29-19)13-4-6-14(20)7-5-13/h4-11H,3H2,1-2H3,(H,22,23)/b21-10-. The second kappa shape index (κ2) is 9.35. The van der Waals surface area contributed by atoms with Crippen LogP contribution in [0.3, 0.4) is 0 Å². The van der Waals surface area contributed by atoms with Crippen LogP contribution in [-0.4, -0.2) is 29.8 Å². The Morgan fingerprint density at radius 1 is 1.34 bits per heavy atom. The van der Waals surface area contributed by atoms with Gasteiger partial charge in [-0.3, -0.25) is 15.5 Å². The zero-order valence-electron chi connectivity index (χ0n) is 15.6. The van der Waals surface area contributed by atoms with E-state index in [0.717, 1.165) is 11.3 Å². The molecule has 1 N–H and O–H groups in total. The number of ether oxygens (including phenoxy) is 2. The van der Waals surface area contributed by atoms with E-state index in [1.54, 1.807) is 25.1 Å². The Kier molecular flexibility index (Phi) is 6.63. The second-order valence-electron chi connectivity index (χ2n) is 5.68. The molecule has 10 heteroatoms. The van der Waals surface area contributed by atoms with E-state index in [1.807, 2.05) is 17.5 Å². The van der Waals surface area contributed by atoms with Crippen LogP contribution < -0.4 is 14.9 Å². The average molecular weight is 433 g/mol. The summed E-state index contributed by atoms with van der Waals surface area (Å²) in [6.07, 6.45) is 1.46. The lowest BCUT2D eigenvalue weighted by Crippen LogP contribution is -2.01. The molecule has 0 radical (unpaired) electrons. The van der Waals surface area contributed by atoms with Gasteiger partial charge in [-0.1, -0.05) is 23.7 Å². The number of nitro benzene ring substituents is 1. The monoisotopic (exact) mass is 432 g/mol. The van der Waals surface area contributed by atoms with Gasteiger partial charge < -0.3 is 9.47 Å². The first-order valence-electron chi connectivity index (χ1n) is 8.51. The second-order valence-corrected chi connectivity index (χ2v) is 6.97. The maximum atomic E-state index is 11.3. The Bertz CT molecular complexity index is 1040. The Morgan fingerprint density at radius 2 is 2.10 bits per heavy atom. The van der Waals surface area contributed by atoms with Gasteiger partial charge in [0.2, 0.25) is 10.9 Å². The third kappa shape index (κ3) is 5.01. The molecule has 150 valence electrons. The molecule has 0 atom stereocenters. The lowest BCUT2D eigenvalue weighted by atomic mass is 10.2. The van der Waals surface area contributed by atoms with Crippen molar-refractivity contribution in [2.45, 2.75) is 6.92 Å². The van der Waals surface area contributed by atoms with Crippen molar-refractivity contribution < 1.29 is 14.4 Å². The fourth-order valence-corrected chi connectivity index (χ4v) is 3.32. The van der Waals surface area contributed by atoms with Crippen molar-refractivity contribution in [1.82, 2.24) is 4.98 Å². The summed E-state index contributed by atoms with van der Waals surface area (Å²) in [6, 6.07) is 10.4. The number of hydrogen-bond acceptors (Lipinski definition) is 8. The number of nitrogens with zero attached hydrogens (tertiary/aromatic N) is 3. The highest BCUT2D eigenvalue weighted by atomic mass is 35.5. The van der Waals surface area contributed by atoms with Gasteiger partial charge >= 0.3 is 5.69 Å². The molecule has 0 unspecified atom stereocenters. The molecule has 0 saturated heterocycles. The molecule has 0 aliphatic rings. The highest BCUT2D eigenvalue weighted by Crippen LogP contribution is 2.37. The van der Waals surface area contributed by atoms with E-state index in [-0.39, 0.29) is 17.2 Å². The fraction of sp³-hybridized carbons (Fsp3) is 0.158. The van der Waals surface area contributed by atoms with E-state index in [2.05, 4.69) is 15.5 Å². The van der Waals surface area contributed by atoms with Gasteiger partial charge in [0, 0.05) is 27.6 Å². The minimum Gasteiger partial charge on any atom is -0.490 e. The summed E-state index contributed by atoms with van der Waals surface area (Å²) in [5, 5.41) is 18.6. The van der Waals surface area contributed by atoms with Crippen molar-refractivity contribution in [2.75, 3.05) is 19.1 Å². The molecule has 8 nitrogen and oxygen atoms in total. The maximum absolute atomic E-state index is 11.3. The first-order valence-corrected chi connectivity index (χ1v) is 9.77. The predicted molar refractivity (Wildman–Crippen MR) is 115 cm³/mol. The van der Waals surface area contributed by atoms with E-state index in [4.69, 9.17) is 21.1 Å². The number of aromatic nitrogens is 1. The van der Waals surface area contributed by atoms with Gasteiger partial charge in [0.25, 0.3) is 0 Å². The lowest BCUT2D eigenvalue weighted by molar-refractivity contribution is -0.385. The Hall–Kier alpha value is -3.17. The van der Waals surface area contributed by atoms with Gasteiger partial charge in [0.1, 0.15) is 0 Å². The molecule has 0 amide bonds. The molecule has 3 rings (SSSR count). The van der Waals surface area contributed by atoms with E-state index in [0.29, 0.717) is 22.3 Å². The molecule has 0 saturated carbocycles. The van der Waals surface area contributed by atoms with Crippen molar-refractivity contribution in [2.24, 2.45) is 5.10 Å². The van der Waals surface area contributed by atoms with E-state index >= 15 is 0 Å². The number of thiazole rings is 1. The van der Waals surface area contributed by atoms with Gasteiger partial charge in [-0.15, -0.1) is 11.3 Å². The number of anilines is 1. The number of halogens is 1. The molecule has 3 aromatic rings. The Balaban J connectivity index is 1.78. The number of hydrogen-bond donors (Lipinski definition) is 1. The molecule has 1 heterocycles. The third-order valence-electron chi connectivity index (χ3n) is 3.78. The van der Waals surface area contributed by atoms with Crippen LogP contribution in [0.1, 0.15) is 12.5 Å². The molecule has 29 heavy (non-hydrogen) atoms. The topological polar surface area (TPSA) is 98.9 Å². The van der Waals surface area contributed by atoms with Gasteiger partial charge in [-0.2, -0.15) is 5.10 Å². The smallest absolute Gasteiger partial charge is 0.315 e. The first kappa shape index (κ1) is 20.6. The SMILES string of the molecule is CCOc1cc(/C=N\Nc2nc(-c3ccc(Cl)cc3)cs2)cc([N+](=O)[O-])c1OC. The molecule has 1 aromatic heterocycles. The van der Waals surface area contributed by atoms with Crippen molar-refractivity contribution in [1.29, 1.82) is 0 Å². The number of hydrazone groups is 1. The molecule has 2 aromatic carbocycles. The molecule has 0 aliphatic heterocycles. The van der Waals surface area contributed by atoms with Crippen LogP contribution in [0.4, 0.5) is 10.8 Å². The summed E-state index contributed by atoms with van der Waals surface area (Å²) in [4.78, 5) is 15.3. The molecule has 0 fully saturated rings.